The van der Waals surface area contributed by atoms with Crippen LogP contribution in [0.5, 0.6) is 0 Å². The number of hydrogen-bond donors (Lipinski definition) is 1. The Labute approximate surface area is 81.1 Å². The normalized spacial score (nSPS) is 55.4. The van der Waals surface area contributed by atoms with Crippen molar-refractivity contribution in [3.8, 4) is 0 Å². The van der Waals surface area contributed by atoms with Gasteiger partial charge in [-0.05, 0) is 62.2 Å². The van der Waals surface area contributed by atoms with Crippen LogP contribution in [0, 0.1) is 23.2 Å². The van der Waals surface area contributed by atoms with Gasteiger partial charge in [-0.25, -0.2) is 0 Å². The van der Waals surface area contributed by atoms with Crippen LogP contribution in [0.3, 0.4) is 0 Å². The molecular weight excluding hydrogens is 158 g/mol. The molecule has 5 atom stereocenters. The zero-order valence-electron chi connectivity index (χ0n) is 8.63. The first-order valence-electron chi connectivity index (χ1n) is 6.00. The molecule has 0 aromatic carbocycles. The lowest BCUT2D eigenvalue weighted by Gasteiger charge is -2.43. The van der Waals surface area contributed by atoms with Gasteiger partial charge in [-0.2, -0.15) is 0 Å². The lowest BCUT2D eigenvalue weighted by molar-refractivity contribution is 0.0839. The molecule has 2 N–H and O–H groups in total. The van der Waals surface area contributed by atoms with Gasteiger partial charge >= 0.3 is 0 Å². The average molecular weight is 179 g/mol. The molecule has 13 heavy (non-hydrogen) atoms. The highest BCUT2D eigenvalue weighted by atomic mass is 14.8. The molecule has 74 valence electrons. The summed E-state index contributed by atoms with van der Waals surface area (Å²) in [6, 6.07) is 0.454. The second-order valence-corrected chi connectivity index (χ2v) is 5.67. The summed E-state index contributed by atoms with van der Waals surface area (Å²) in [6.45, 7) is 2.26. The van der Waals surface area contributed by atoms with E-state index in [1.165, 1.54) is 38.5 Å². The average Bonchev–Trinajstić information content (AvgIpc) is 2.76. The fourth-order valence-electron chi connectivity index (χ4n) is 5.07. The van der Waals surface area contributed by atoms with E-state index >= 15 is 0 Å². The van der Waals surface area contributed by atoms with E-state index in [0.29, 0.717) is 11.5 Å². The van der Waals surface area contributed by atoms with E-state index in [4.69, 9.17) is 5.73 Å². The summed E-state index contributed by atoms with van der Waals surface area (Å²) in [5.41, 5.74) is 6.86. The Hall–Kier alpha value is -0.0400. The Balaban J connectivity index is 1.99. The van der Waals surface area contributed by atoms with Crippen molar-refractivity contribution < 1.29 is 0 Å². The molecule has 1 nitrogen and oxygen atoms in total. The minimum atomic E-state index is 0.454. The van der Waals surface area contributed by atoms with Crippen molar-refractivity contribution in [2.75, 3.05) is 0 Å². The van der Waals surface area contributed by atoms with Crippen LogP contribution >= 0.6 is 0 Å². The molecule has 0 spiro atoms. The number of fused-ring (bicyclic) bond motifs is 5. The molecular formula is C12H21N. The van der Waals surface area contributed by atoms with Crippen LogP contribution in [0.15, 0.2) is 0 Å². The van der Waals surface area contributed by atoms with Crippen LogP contribution in [-0.4, -0.2) is 6.04 Å². The van der Waals surface area contributed by atoms with Crippen molar-refractivity contribution >= 4 is 0 Å². The van der Waals surface area contributed by atoms with Gasteiger partial charge in [0.1, 0.15) is 0 Å². The maximum Gasteiger partial charge on any atom is 0.00724 e. The lowest BCUT2D eigenvalue weighted by atomic mass is 9.64. The fourth-order valence-corrected chi connectivity index (χ4v) is 5.07. The van der Waals surface area contributed by atoms with Crippen LogP contribution in [0.4, 0.5) is 0 Å². The van der Waals surface area contributed by atoms with Crippen molar-refractivity contribution in [3.05, 3.63) is 0 Å². The van der Waals surface area contributed by atoms with Crippen molar-refractivity contribution in [2.24, 2.45) is 28.9 Å². The molecule has 0 aromatic heterocycles. The first-order valence-corrected chi connectivity index (χ1v) is 6.00. The summed E-state index contributed by atoms with van der Waals surface area (Å²) in [7, 11) is 0. The van der Waals surface area contributed by atoms with Crippen LogP contribution in [-0.2, 0) is 0 Å². The Kier molecular flexibility index (Phi) is 1.59. The van der Waals surface area contributed by atoms with Gasteiger partial charge in [0.25, 0.3) is 0 Å². The molecule has 0 amide bonds. The smallest absolute Gasteiger partial charge is 0.00724 e. The van der Waals surface area contributed by atoms with Gasteiger partial charge in [0.15, 0.2) is 0 Å². The maximum absolute atomic E-state index is 6.26. The lowest BCUT2D eigenvalue weighted by Crippen LogP contribution is -2.46. The summed E-state index contributed by atoms with van der Waals surface area (Å²) in [5, 5.41) is 0. The zero-order chi connectivity index (χ0) is 9.05. The van der Waals surface area contributed by atoms with E-state index in [1.807, 2.05) is 0 Å². The van der Waals surface area contributed by atoms with Crippen LogP contribution in [0.2, 0.25) is 0 Å². The molecule has 3 saturated carbocycles. The molecule has 3 aliphatic rings. The molecule has 2 bridgehead atoms. The molecule has 0 aromatic rings. The van der Waals surface area contributed by atoms with E-state index in [1.54, 1.807) is 0 Å². The first-order chi connectivity index (χ1) is 6.25. The van der Waals surface area contributed by atoms with Gasteiger partial charge in [0.2, 0.25) is 0 Å². The molecule has 0 radical (unpaired) electrons. The van der Waals surface area contributed by atoms with E-state index in [0.717, 1.165) is 17.8 Å². The molecule has 0 unspecified atom stereocenters. The van der Waals surface area contributed by atoms with Gasteiger partial charge in [0.05, 0.1) is 0 Å². The zero-order valence-corrected chi connectivity index (χ0v) is 8.63. The summed E-state index contributed by atoms with van der Waals surface area (Å²) in [4.78, 5) is 0. The van der Waals surface area contributed by atoms with Gasteiger partial charge in [-0.1, -0.05) is 6.42 Å². The Morgan fingerprint density at radius 1 is 1.31 bits per heavy atom. The quantitative estimate of drug-likeness (QED) is 0.657. The van der Waals surface area contributed by atoms with Crippen molar-refractivity contribution in [2.45, 2.75) is 51.5 Å². The van der Waals surface area contributed by atoms with E-state index in [9.17, 15) is 0 Å². The summed E-state index contributed by atoms with van der Waals surface area (Å²) < 4.78 is 0. The van der Waals surface area contributed by atoms with Crippen molar-refractivity contribution in [1.29, 1.82) is 0 Å². The summed E-state index contributed by atoms with van der Waals surface area (Å²) >= 11 is 0. The third-order valence-corrected chi connectivity index (χ3v) is 5.47. The number of nitrogens with two attached hydrogens (primary N) is 1. The minimum absolute atomic E-state index is 0.454. The first kappa shape index (κ1) is 8.28. The van der Waals surface area contributed by atoms with E-state index < -0.39 is 0 Å². The molecule has 3 aliphatic carbocycles. The van der Waals surface area contributed by atoms with Crippen LogP contribution in [0.1, 0.15) is 45.4 Å². The van der Waals surface area contributed by atoms with E-state index in [2.05, 4.69) is 6.92 Å². The fraction of sp³-hybridized carbons (Fsp3) is 1.00. The van der Waals surface area contributed by atoms with E-state index in [-0.39, 0.29) is 0 Å². The maximum atomic E-state index is 6.26. The van der Waals surface area contributed by atoms with Gasteiger partial charge in [-0.15, -0.1) is 0 Å². The van der Waals surface area contributed by atoms with Gasteiger partial charge in [-0.3, -0.25) is 0 Å². The third kappa shape index (κ3) is 0.823. The molecule has 3 fully saturated rings. The molecule has 3 rings (SSSR count). The summed E-state index contributed by atoms with van der Waals surface area (Å²) in [6.07, 6.45) is 8.91. The molecule has 0 heterocycles. The monoisotopic (exact) mass is 179 g/mol. The second kappa shape index (κ2) is 2.50. The van der Waals surface area contributed by atoms with Crippen molar-refractivity contribution in [1.82, 2.24) is 0 Å². The third-order valence-electron chi connectivity index (χ3n) is 5.47. The molecule has 0 aliphatic heterocycles. The Morgan fingerprint density at radius 3 is 2.85 bits per heavy atom. The van der Waals surface area contributed by atoms with Gasteiger partial charge < -0.3 is 5.73 Å². The topological polar surface area (TPSA) is 26.0 Å². The minimum Gasteiger partial charge on any atom is -0.327 e. The molecule has 1 heteroatoms. The molecule has 0 saturated heterocycles. The predicted octanol–water partition coefficient (Wildman–Crippen LogP) is 2.55. The second-order valence-electron chi connectivity index (χ2n) is 5.67. The van der Waals surface area contributed by atoms with Crippen LogP contribution in [0.25, 0.3) is 0 Å². The SMILES string of the molecule is C[C@H](N)[C@@]12CCC[C@@H]1[C@@H]1CC[C@@H]2C1. The highest BCUT2D eigenvalue weighted by Gasteiger charge is 2.60. The summed E-state index contributed by atoms with van der Waals surface area (Å²) in [5.74, 6) is 3.09. The largest absolute Gasteiger partial charge is 0.327 e. The number of hydrogen-bond acceptors (Lipinski definition) is 1. The van der Waals surface area contributed by atoms with Crippen molar-refractivity contribution in [3.63, 3.8) is 0 Å². The number of rotatable bonds is 1. The Bertz CT molecular complexity index is 223. The predicted molar refractivity (Wildman–Crippen MR) is 54.3 cm³/mol. The highest BCUT2D eigenvalue weighted by molar-refractivity contribution is 5.11. The highest BCUT2D eigenvalue weighted by Crippen LogP contribution is 2.67. The van der Waals surface area contributed by atoms with Gasteiger partial charge in [0, 0.05) is 6.04 Å². The Morgan fingerprint density at radius 2 is 2.15 bits per heavy atom. The van der Waals surface area contributed by atoms with Crippen LogP contribution < -0.4 is 5.73 Å². The standard InChI is InChI=1S/C12H21N/c1-8(13)12-6-2-3-11(12)9-4-5-10(12)7-9/h8-11H,2-7,13H2,1H3/t8-,9+,10+,11+,12+/m0/s1.